The van der Waals surface area contributed by atoms with Crippen LogP contribution in [0.5, 0.6) is 5.88 Å². The molecule has 3 amide bonds. The molecule has 146 valence electrons. The quantitative estimate of drug-likeness (QED) is 0.652. The number of carbonyl (C=O) groups excluding carboxylic acids is 3. The number of aromatic nitrogens is 3. The minimum atomic E-state index is -0.626. The Morgan fingerprint density at radius 3 is 2.79 bits per heavy atom. The number of methoxy groups -OCH3 is 1. The molecule has 0 bridgehead atoms. The molecule has 2 aliphatic rings. The van der Waals surface area contributed by atoms with Gasteiger partial charge in [-0.1, -0.05) is 12.1 Å². The highest BCUT2D eigenvalue weighted by atomic mass is 16.5. The molecule has 5 rings (SSSR count). The zero-order chi connectivity index (χ0) is 20.1. The Bertz CT molecular complexity index is 1180. The van der Waals surface area contributed by atoms with E-state index in [2.05, 4.69) is 20.3 Å². The van der Waals surface area contributed by atoms with Crippen molar-refractivity contribution >= 4 is 28.9 Å². The summed E-state index contributed by atoms with van der Waals surface area (Å²) >= 11 is 0. The number of fused-ring (bicyclic) bond motifs is 2. The molecule has 1 unspecified atom stereocenters. The number of imidazole rings is 1. The second-order valence-electron chi connectivity index (χ2n) is 7.08. The number of piperidine rings is 1. The fourth-order valence-electron chi connectivity index (χ4n) is 3.83. The molecule has 3 aromatic rings. The van der Waals surface area contributed by atoms with Crippen LogP contribution in [0.3, 0.4) is 0 Å². The van der Waals surface area contributed by atoms with Gasteiger partial charge in [0.1, 0.15) is 11.9 Å². The van der Waals surface area contributed by atoms with Crippen LogP contribution in [-0.2, 0) is 16.1 Å². The summed E-state index contributed by atoms with van der Waals surface area (Å²) in [5.74, 6) is 0.135. The molecule has 1 aromatic carbocycles. The molecule has 29 heavy (non-hydrogen) atoms. The smallest absolute Gasteiger partial charge is 0.255 e. The second kappa shape index (κ2) is 6.40. The first-order chi connectivity index (χ1) is 14.0. The Kier molecular flexibility index (Phi) is 3.83. The fourth-order valence-corrected chi connectivity index (χ4v) is 3.83. The van der Waals surface area contributed by atoms with Crippen LogP contribution in [-0.4, -0.2) is 50.7 Å². The molecule has 1 fully saturated rings. The summed E-state index contributed by atoms with van der Waals surface area (Å²) in [5.41, 5.74) is 3.42. The van der Waals surface area contributed by atoms with Crippen molar-refractivity contribution in [3.05, 3.63) is 41.5 Å². The predicted molar refractivity (Wildman–Crippen MR) is 102 cm³/mol. The molecule has 1 saturated heterocycles. The molecule has 0 spiro atoms. The number of hydrogen-bond acceptors (Lipinski definition) is 6. The number of pyridine rings is 1. The van der Waals surface area contributed by atoms with Crippen molar-refractivity contribution < 1.29 is 19.1 Å². The van der Waals surface area contributed by atoms with Gasteiger partial charge in [-0.15, -0.1) is 0 Å². The Hall–Kier alpha value is -3.75. The minimum absolute atomic E-state index is 0.216. The van der Waals surface area contributed by atoms with E-state index in [0.29, 0.717) is 35.9 Å². The zero-order valence-corrected chi connectivity index (χ0v) is 15.6. The van der Waals surface area contributed by atoms with Crippen LogP contribution in [0.1, 0.15) is 28.8 Å². The molecule has 2 N–H and O–H groups in total. The Morgan fingerprint density at radius 2 is 2.00 bits per heavy atom. The third-order valence-electron chi connectivity index (χ3n) is 5.33. The maximum Gasteiger partial charge on any atom is 0.255 e. The summed E-state index contributed by atoms with van der Waals surface area (Å²) in [6.07, 6.45) is 0.575. The van der Waals surface area contributed by atoms with Gasteiger partial charge in [0.2, 0.25) is 17.7 Å². The third-order valence-corrected chi connectivity index (χ3v) is 5.33. The first-order valence-corrected chi connectivity index (χ1v) is 9.22. The van der Waals surface area contributed by atoms with E-state index in [-0.39, 0.29) is 18.2 Å². The van der Waals surface area contributed by atoms with Gasteiger partial charge in [-0.05, 0) is 24.1 Å². The van der Waals surface area contributed by atoms with Crippen LogP contribution in [0.4, 0.5) is 0 Å². The molecule has 1 atom stereocenters. The number of ether oxygens (including phenoxy) is 1. The number of H-pyrrole nitrogens is 1. The van der Waals surface area contributed by atoms with E-state index in [4.69, 9.17) is 4.74 Å². The number of carbonyl (C=O) groups is 3. The number of hydrogen-bond donors (Lipinski definition) is 2. The molecule has 4 heterocycles. The number of imide groups is 1. The fraction of sp³-hybridized carbons (Fsp3) is 0.250. The molecular formula is C20H17N5O4. The summed E-state index contributed by atoms with van der Waals surface area (Å²) < 4.78 is 5.13. The predicted octanol–water partition coefficient (Wildman–Crippen LogP) is 1.39. The summed E-state index contributed by atoms with van der Waals surface area (Å²) in [4.78, 5) is 50.1. The van der Waals surface area contributed by atoms with E-state index in [9.17, 15) is 14.4 Å². The number of benzene rings is 1. The van der Waals surface area contributed by atoms with Gasteiger partial charge in [-0.25, -0.2) is 4.98 Å². The maximum atomic E-state index is 13.0. The SMILES string of the molecule is COc1ccc2[nH]c(-c3ccc4c(c3)C(=O)N(C3CCC(=O)NC3=O)C4)nc2n1. The van der Waals surface area contributed by atoms with Crippen molar-refractivity contribution in [3.63, 3.8) is 0 Å². The number of nitrogens with one attached hydrogen (secondary N) is 2. The summed E-state index contributed by atoms with van der Waals surface area (Å²) in [7, 11) is 1.54. The van der Waals surface area contributed by atoms with Crippen LogP contribution in [0.2, 0.25) is 0 Å². The van der Waals surface area contributed by atoms with Gasteiger partial charge in [-0.2, -0.15) is 4.98 Å². The van der Waals surface area contributed by atoms with Gasteiger partial charge in [-0.3, -0.25) is 19.7 Å². The topological polar surface area (TPSA) is 117 Å². The van der Waals surface area contributed by atoms with Gasteiger partial charge in [0.05, 0.1) is 12.6 Å². The Labute approximate surface area is 165 Å². The van der Waals surface area contributed by atoms with Crippen LogP contribution in [0, 0.1) is 0 Å². The van der Waals surface area contributed by atoms with Crippen LogP contribution in [0.25, 0.3) is 22.6 Å². The van der Waals surface area contributed by atoms with Crippen molar-refractivity contribution in [2.75, 3.05) is 7.11 Å². The lowest BCUT2D eigenvalue weighted by Crippen LogP contribution is -2.52. The first kappa shape index (κ1) is 17.4. The number of rotatable bonds is 3. The summed E-state index contributed by atoms with van der Waals surface area (Å²) in [6, 6.07) is 8.48. The number of nitrogens with zero attached hydrogens (tertiary/aromatic N) is 3. The van der Waals surface area contributed by atoms with Gasteiger partial charge in [0.15, 0.2) is 5.65 Å². The number of aromatic amines is 1. The third kappa shape index (κ3) is 2.82. The van der Waals surface area contributed by atoms with E-state index >= 15 is 0 Å². The maximum absolute atomic E-state index is 13.0. The van der Waals surface area contributed by atoms with E-state index in [1.165, 1.54) is 4.90 Å². The van der Waals surface area contributed by atoms with Gasteiger partial charge in [0.25, 0.3) is 5.91 Å². The van der Waals surface area contributed by atoms with E-state index in [0.717, 1.165) is 16.6 Å². The summed E-state index contributed by atoms with van der Waals surface area (Å²) in [6.45, 7) is 0.347. The van der Waals surface area contributed by atoms with Gasteiger partial charge >= 0.3 is 0 Å². The normalized spacial score (nSPS) is 18.9. The Balaban J connectivity index is 1.46. The standard InChI is InChI=1S/C20H17N5O4/c1-29-16-7-4-13-18(23-16)24-17(21-13)10-2-3-11-9-25(20(28)12(11)8-10)14-5-6-15(26)22-19(14)27/h2-4,7-8,14H,5-6,9H2,1H3,(H,21,23,24)(H,22,26,27). The number of amides is 3. The highest BCUT2D eigenvalue weighted by Crippen LogP contribution is 2.31. The van der Waals surface area contributed by atoms with Gasteiger partial charge < -0.3 is 14.6 Å². The highest BCUT2D eigenvalue weighted by Gasteiger charge is 2.39. The zero-order valence-electron chi connectivity index (χ0n) is 15.6. The van der Waals surface area contributed by atoms with Crippen LogP contribution < -0.4 is 10.1 Å². The minimum Gasteiger partial charge on any atom is -0.481 e. The molecule has 9 nitrogen and oxygen atoms in total. The molecule has 2 aromatic heterocycles. The van der Waals surface area contributed by atoms with Crippen molar-refractivity contribution in [2.24, 2.45) is 0 Å². The lowest BCUT2D eigenvalue weighted by Gasteiger charge is -2.29. The molecule has 2 aliphatic heterocycles. The average molecular weight is 391 g/mol. The van der Waals surface area contributed by atoms with E-state index < -0.39 is 11.9 Å². The molecular weight excluding hydrogens is 374 g/mol. The second-order valence-corrected chi connectivity index (χ2v) is 7.08. The highest BCUT2D eigenvalue weighted by molar-refractivity contribution is 6.05. The van der Waals surface area contributed by atoms with Gasteiger partial charge in [0, 0.05) is 30.2 Å². The molecule has 0 radical (unpaired) electrons. The molecule has 0 saturated carbocycles. The first-order valence-electron chi connectivity index (χ1n) is 9.22. The lowest BCUT2D eigenvalue weighted by atomic mass is 10.0. The average Bonchev–Trinajstić information content (AvgIpc) is 3.28. The largest absolute Gasteiger partial charge is 0.481 e. The van der Waals surface area contributed by atoms with E-state index in [1.807, 2.05) is 18.2 Å². The molecule has 0 aliphatic carbocycles. The van der Waals surface area contributed by atoms with E-state index in [1.54, 1.807) is 19.2 Å². The molecule has 9 heteroatoms. The Morgan fingerprint density at radius 1 is 1.14 bits per heavy atom. The van der Waals surface area contributed by atoms with Crippen molar-refractivity contribution in [1.82, 2.24) is 25.2 Å². The monoisotopic (exact) mass is 391 g/mol. The van der Waals surface area contributed by atoms with Crippen LogP contribution >= 0.6 is 0 Å². The van der Waals surface area contributed by atoms with Crippen molar-refractivity contribution in [1.29, 1.82) is 0 Å². The lowest BCUT2D eigenvalue weighted by molar-refractivity contribution is -0.136. The summed E-state index contributed by atoms with van der Waals surface area (Å²) in [5, 5.41) is 2.31. The van der Waals surface area contributed by atoms with Crippen LogP contribution in [0.15, 0.2) is 30.3 Å². The van der Waals surface area contributed by atoms with Crippen molar-refractivity contribution in [3.8, 4) is 17.3 Å². The van der Waals surface area contributed by atoms with Crippen molar-refractivity contribution in [2.45, 2.75) is 25.4 Å².